The van der Waals surface area contributed by atoms with Gasteiger partial charge in [-0.2, -0.15) is 4.31 Å². The monoisotopic (exact) mass is 313 g/mol. The van der Waals surface area contributed by atoms with Crippen molar-refractivity contribution in [1.29, 1.82) is 0 Å². The summed E-state index contributed by atoms with van der Waals surface area (Å²) in [6.45, 7) is 11.9. The molecule has 5 nitrogen and oxygen atoms in total. The lowest BCUT2D eigenvalue weighted by Gasteiger charge is -2.19. The molecule has 1 aromatic rings. The summed E-state index contributed by atoms with van der Waals surface area (Å²) in [4.78, 5) is 0.426. The Balaban J connectivity index is 2.26. The van der Waals surface area contributed by atoms with Crippen LogP contribution in [0.3, 0.4) is 0 Å². The number of nitrogens with one attached hydrogen (secondary N) is 1. The molecule has 0 unspecified atom stereocenters. The molecule has 1 aliphatic rings. The Bertz CT molecular complexity index is 590. The molecule has 1 aliphatic heterocycles. The molecule has 2 heterocycles. The molecular weight excluding hydrogens is 286 g/mol. The van der Waals surface area contributed by atoms with Crippen LogP contribution in [0.1, 0.15) is 39.8 Å². The minimum absolute atomic E-state index is 0.0764. The first-order valence-corrected chi connectivity index (χ1v) is 9.14. The van der Waals surface area contributed by atoms with E-state index in [1.54, 1.807) is 10.5 Å². The largest absolute Gasteiger partial charge is 0.349 e. The fraction of sp³-hybridized carbons (Fsp3) is 0.733. The molecule has 120 valence electrons. The zero-order chi connectivity index (χ0) is 15.7. The van der Waals surface area contributed by atoms with Gasteiger partial charge in [-0.05, 0) is 31.4 Å². The van der Waals surface area contributed by atoms with Crippen LogP contribution in [0.15, 0.2) is 17.2 Å². The average Bonchev–Trinajstić information content (AvgIpc) is 2.99. The van der Waals surface area contributed by atoms with Gasteiger partial charge >= 0.3 is 0 Å². The van der Waals surface area contributed by atoms with Gasteiger partial charge in [0.2, 0.25) is 10.0 Å². The van der Waals surface area contributed by atoms with E-state index in [0.29, 0.717) is 24.5 Å². The molecule has 1 aromatic heterocycles. The van der Waals surface area contributed by atoms with Crippen LogP contribution in [0.4, 0.5) is 0 Å². The SMILES string of the molecule is CCNCc1cc(S(=O)(=O)N2CCC(C)(C)C2)cn1CC. The van der Waals surface area contributed by atoms with Gasteiger partial charge in [-0.1, -0.05) is 20.8 Å². The first kappa shape index (κ1) is 16.5. The lowest BCUT2D eigenvalue weighted by Crippen LogP contribution is -2.30. The Morgan fingerprint density at radius 1 is 1.33 bits per heavy atom. The molecule has 2 rings (SSSR count). The van der Waals surface area contributed by atoms with Crippen molar-refractivity contribution in [2.75, 3.05) is 19.6 Å². The fourth-order valence-electron chi connectivity index (χ4n) is 2.78. The van der Waals surface area contributed by atoms with Gasteiger partial charge in [-0.25, -0.2) is 8.42 Å². The number of hydrogen-bond donors (Lipinski definition) is 1. The number of hydrogen-bond acceptors (Lipinski definition) is 3. The molecule has 0 aliphatic carbocycles. The van der Waals surface area contributed by atoms with Crippen molar-refractivity contribution in [2.24, 2.45) is 5.41 Å². The minimum Gasteiger partial charge on any atom is -0.349 e. The average molecular weight is 313 g/mol. The Labute approximate surface area is 128 Å². The topological polar surface area (TPSA) is 54.3 Å². The Morgan fingerprint density at radius 3 is 2.57 bits per heavy atom. The van der Waals surface area contributed by atoms with Crippen LogP contribution in [0.25, 0.3) is 0 Å². The van der Waals surface area contributed by atoms with Crippen molar-refractivity contribution >= 4 is 10.0 Å². The molecule has 6 heteroatoms. The number of nitrogens with zero attached hydrogens (tertiary/aromatic N) is 2. The third-order valence-electron chi connectivity index (χ3n) is 4.14. The summed E-state index contributed by atoms with van der Waals surface area (Å²) in [5.74, 6) is 0. The van der Waals surface area contributed by atoms with Gasteiger partial charge in [-0.15, -0.1) is 0 Å². The molecule has 0 bridgehead atoms. The van der Waals surface area contributed by atoms with Crippen LogP contribution in [0.5, 0.6) is 0 Å². The van der Waals surface area contributed by atoms with Crippen molar-refractivity contribution in [1.82, 2.24) is 14.2 Å². The van der Waals surface area contributed by atoms with Crippen molar-refractivity contribution in [3.8, 4) is 0 Å². The van der Waals surface area contributed by atoms with E-state index in [1.165, 1.54) is 0 Å². The van der Waals surface area contributed by atoms with Gasteiger partial charge in [0.15, 0.2) is 0 Å². The number of sulfonamides is 1. The molecular formula is C15H27N3O2S. The van der Waals surface area contributed by atoms with Gasteiger partial charge in [0.05, 0.1) is 0 Å². The van der Waals surface area contributed by atoms with Crippen molar-refractivity contribution in [2.45, 2.75) is 52.1 Å². The Kier molecular flexibility index (Phi) is 4.80. The first-order chi connectivity index (χ1) is 9.80. The maximum atomic E-state index is 12.8. The van der Waals surface area contributed by atoms with Crippen LogP contribution < -0.4 is 5.32 Å². The third-order valence-corrected chi connectivity index (χ3v) is 5.95. The normalized spacial score (nSPS) is 19.2. The summed E-state index contributed by atoms with van der Waals surface area (Å²) < 4.78 is 29.2. The lowest BCUT2D eigenvalue weighted by molar-refractivity contribution is 0.375. The van der Waals surface area contributed by atoms with Crippen LogP contribution in [0, 0.1) is 5.41 Å². The highest BCUT2D eigenvalue weighted by molar-refractivity contribution is 7.89. The summed E-state index contributed by atoms with van der Waals surface area (Å²) >= 11 is 0. The van der Waals surface area contributed by atoms with E-state index in [2.05, 4.69) is 19.2 Å². The van der Waals surface area contributed by atoms with Gasteiger partial charge in [0.1, 0.15) is 4.90 Å². The van der Waals surface area contributed by atoms with E-state index in [9.17, 15) is 8.42 Å². The van der Waals surface area contributed by atoms with E-state index in [4.69, 9.17) is 0 Å². The predicted octanol–water partition coefficient (Wildman–Crippen LogP) is 2.04. The van der Waals surface area contributed by atoms with E-state index in [-0.39, 0.29) is 5.41 Å². The van der Waals surface area contributed by atoms with Gasteiger partial charge in [0, 0.05) is 38.1 Å². The standard InChI is InChI=1S/C15H27N3O2S/c1-5-16-10-13-9-14(11-17(13)6-2)21(19,20)18-8-7-15(3,4)12-18/h9,11,16H,5-8,10,12H2,1-4H3. The van der Waals surface area contributed by atoms with Crippen molar-refractivity contribution < 1.29 is 8.42 Å². The zero-order valence-electron chi connectivity index (χ0n) is 13.5. The van der Waals surface area contributed by atoms with Gasteiger partial charge in [-0.3, -0.25) is 0 Å². The van der Waals surface area contributed by atoms with Gasteiger partial charge < -0.3 is 9.88 Å². The zero-order valence-corrected chi connectivity index (χ0v) is 14.3. The molecule has 0 aromatic carbocycles. The Morgan fingerprint density at radius 2 is 2.05 bits per heavy atom. The van der Waals surface area contributed by atoms with Crippen molar-refractivity contribution in [3.63, 3.8) is 0 Å². The van der Waals surface area contributed by atoms with Gasteiger partial charge in [0.25, 0.3) is 0 Å². The quantitative estimate of drug-likeness (QED) is 0.874. The summed E-state index contributed by atoms with van der Waals surface area (Å²) in [7, 11) is -3.36. The van der Waals surface area contributed by atoms with E-state index in [0.717, 1.165) is 25.2 Å². The van der Waals surface area contributed by atoms with Crippen LogP contribution in [0.2, 0.25) is 0 Å². The lowest BCUT2D eigenvalue weighted by atomic mass is 9.93. The van der Waals surface area contributed by atoms with Crippen LogP contribution in [-0.4, -0.2) is 36.9 Å². The highest BCUT2D eigenvalue weighted by atomic mass is 32.2. The smallest absolute Gasteiger partial charge is 0.244 e. The summed E-state index contributed by atoms with van der Waals surface area (Å²) in [6, 6.07) is 1.81. The van der Waals surface area contributed by atoms with E-state index >= 15 is 0 Å². The number of aryl methyl sites for hydroxylation is 1. The third kappa shape index (κ3) is 3.49. The number of rotatable bonds is 6. The first-order valence-electron chi connectivity index (χ1n) is 7.70. The predicted molar refractivity (Wildman–Crippen MR) is 84.6 cm³/mol. The van der Waals surface area contributed by atoms with E-state index in [1.807, 2.05) is 24.5 Å². The highest BCUT2D eigenvalue weighted by Crippen LogP contribution is 2.33. The molecule has 21 heavy (non-hydrogen) atoms. The van der Waals surface area contributed by atoms with Crippen LogP contribution in [-0.2, 0) is 23.1 Å². The highest BCUT2D eigenvalue weighted by Gasteiger charge is 2.37. The van der Waals surface area contributed by atoms with E-state index < -0.39 is 10.0 Å². The maximum absolute atomic E-state index is 12.8. The molecule has 0 radical (unpaired) electrons. The summed E-state index contributed by atoms with van der Waals surface area (Å²) in [6.07, 6.45) is 2.69. The second kappa shape index (κ2) is 6.10. The molecule has 1 saturated heterocycles. The summed E-state index contributed by atoms with van der Waals surface area (Å²) in [5.41, 5.74) is 1.10. The van der Waals surface area contributed by atoms with Crippen molar-refractivity contribution in [3.05, 3.63) is 18.0 Å². The summed E-state index contributed by atoms with van der Waals surface area (Å²) in [5, 5.41) is 3.26. The maximum Gasteiger partial charge on any atom is 0.244 e. The Hall–Kier alpha value is -0.850. The molecule has 1 N–H and O–H groups in total. The molecule has 0 spiro atoms. The minimum atomic E-state index is -3.36. The molecule has 0 saturated carbocycles. The second-order valence-electron chi connectivity index (χ2n) is 6.49. The van der Waals surface area contributed by atoms with Crippen LogP contribution >= 0.6 is 0 Å². The molecule has 1 fully saturated rings. The number of aromatic nitrogens is 1. The second-order valence-corrected chi connectivity index (χ2v) is 8.42. The molecule has 0 amide bonds. The fourth-order valence-corrected chi connectivity index (χ4v) is 4.47. The molecule has 0 atom stereocenters.